The van der Waals surface area contributed by atoms with Gasteiger partial charge in [0.25, 0.3) is 0 Å². The Balaban J connectivity index is 1.21. The van der Waals surface area contributed by atoms with Gasteiger partial charge in [-0.1, -0.05) is 12.1 Å². The third kappa shape index (κ3) is 3.69. The van der Waals surface area contributed by atoms with Crippen LogP contribution in [0.2, 0.25) is 0 Å². The lowest BCUT2D eigenvalue weighted by Gasteiger charge is -2.38. The molecular weight excluding hydrogens is 390 g/mol. The van der Waals surface area contributed by atoms with E-state index in [1.165, 1.54) is 12.8 Å². The average Bonchev–Trinajstić information content (AvgIpc) is 3.56. The Kier molecular flexibility index (Phi) is 4.68. The normalized spacial score (nSPS) is 23.7. The highest BCUT2D eigenvalue weighted by Crippen LogP contribution is 2.42. The molecule has 0 unspecified atom stereocenters. The molecule has 2 aromatic carbocycles. The molecule has 31 heavy (non-hydrogen) atoms. The molecule has 0 bridgehead atoms. The number of carbonyl (C=O) groups is 1. The number of rotatable bonds is 5. The summed E-state index contributed by atoms with van der Waals surface area (Å²) in [6.45, 7) is 2.12. The molecule has 0 spiro atoms. The molecule has 6 rings (SSSR count). The van der Waals surface area contributed by atoms with Gasteiger partial charge in [0, 0.05) is 18.0 Å². The van der Waals surface area contributed by atoms with E-state index in [4.69, 9.17) is 14.5 Å². The van der Waals surface area contributed by atoms with E-state index in [1.54, 1.807) is 0 Å². The highest BCUT2D eigenvalue weighted by atomic mass is 16.6. The van der Waals surface area contributed by atoms with E-state index < -0.39 is 0 Å². The van der Waals surface area contributed by atoms with Gasteiger partial charge >= 0.3 is 0 Å². The summed E-state index contributed by atoms with van der Waals surface area (Å²) in [5, 5.41) is 0. The molecule has 1 aromatic heterocycles. The molecule has 0 radical (unpaired) electrons. The number of imidazole rings is 1. The van der Waals surface area contributed by atoms with E-state index in [0.717, 1.165) is 42.0 Å². The molecule has 1 N–H and O–H groups in total. The van der Waals surface area contributed by atoms with Gasteiger partial charge in [-0.2, -0.15) is 0 Å². The van der Waals surface area contributed by atoms with Gasteiger partial charge in [-0.05, 0) is 68.5 Å². The molecule has 2 atom stereocenters. The number of likely N-dealkylation sites (tertiary alicyclic amines) is 1. The molecule has 160 valence electrons. The number of ether oxygens (including phenoxy) is 2. The van der Waals surface area contributed by atoms with E-state index in [1.807, 2.05) is 30.3 Å². The molecule has 3 aliphatic rings. The van der Waals surface area contributed by atoms with Crippen LogP contribution >= 0.6 is 0 Å². The SMILES string of the molecule is O=C(C[C@@H]1CCN(C2CC2)[C@@H](c2nc3ccccc3[nH]2)C1)c1ccc2c(c1)OCCO2. The smallest absolute Gasteiger partial charge is 0.163 e. The van der Waals surface area contributed by atoms with Crippen molar-refractivity contribution in [2.75, 3.05) is 19.8 Å². The minimum Gasteiger partial charge on any atom is -0.486 e. The number of nitrogens with one attached hydrogen (secondary N) is 1. The number of carbonyl (C=O) groups excluding carboxylic acids is 1. The van der Waals surface area contributed by atoms with Crippen molar-refractivity contribution in [1.82, 2.24) is 14.9 Å². The number of aromatic amines is 1. The number of hydrogen-bond donors (Lipinski definition) is 1. The lowest BCUT2D eigenvalue weighted by atomic mass is 9.85. The van der Waals surface area contributed by atoms with Crippen molar-refractivity contribution in [3.8, 4) is 11.5 Å². The first-order chi connectivity index (χ1) is 15.2. The first-order valence-corrected chi connectivity index (χ1v) is 11.4. The largest absolute Gasteiger partial charge is 0.486 e. The van der Waals surface area contributed by atoms with Gasteiger partial charge < -0.3 is 14.5 Å². The standard InChI is InChI=1S/C25H27N3O3/c29-22(17-5-8-23-24(15-17)31-12-11-30-23)14-16-9-10-28(18-6-7-18)21(13-16)25-26-19-3-1-2-4-20(19)27-25/h1-5,8,15-16,18,21H,6-7,9-14H2,(H,26,27)/t16-,21-/m1/s1. The predicted molar refractivity (Wildman–Crippen MR) is 118 cm³/mol. The van der Waals surface area contributed by atoms with Crippen LogP contribution in [0.15, 0.2) is 42.5 Å². The Hall–Kier alpha value is -2.86. The second-order valence-electron chi connectivity index (χ2n) is 9.00. The zero-order chi connectivity index (χ0) is 20.8. The molecule has 1 saturated carbocycles. The van der Waals surface area contributed by atoms with E-state index in [0.29, 0.717) is 42.9 Å². The van der Waals surface area contributed by atoms with Gasteiger partial charge in [0.05, 0.1) is 17.1 Å². The lowest BCUT2D eigenvalue weighted by molar-refractivity contribution is 0.0796. The number of nitrogens with zero attached hydrogens (tertiary/aromatic N) is 2. The second-order valence-corrected chi connectivity index (χ2v) is 9.00. The number of H-pyrrole nitrogens is 1. The maximum Gasteiger partial charge on any atom is 0.163 e. The van der Waals surface area contributed by atoms with Crippen LogP contribution in [-0.4, -0.2) is 46.5 Å². The van der Waals surface area contributed by atoms with Gasteiger partial charge in [-0.3, -0.25) is 9.69 Å². The van der Waals surface area contributed by atoms with E-state index >= 15 is 0 Å². The molecule has 6 nitrogen and oxygen atoms in total. The molecular formula is C25H27N3O3. The summed E-state index contributed by atoms with van der Waals surface area (Å²) in [7, 11) is 0. The molecule has 1 saturated heterocycles. The third-order valence-corrected chi connectivity index (χ3v) is 6.83. The van der Waals surface area contributed by atoms with Crippen molar-refractivity contribution in [3.63, 3.8) is 0 Å². The molecule has 1 aliphatic carbocycles. The second kappa shape index (κ2) is 7.68. The summed E-state index contributed by atoms with van der Waals surface area (Å²) in [6, 6.07) is 14.7. The van der Waals surface area contributed by atoms with Gasteiger partial charge in [0.1, 0.15) is 19.0 Å². The Morgan fingerprint density at radius 1 is 1.06 bits per heavy atom. The maximum atomic E-state index is 13.1. The third-order valence-electron chi connectivity index (χ3n) is 6.83. The number of Topliss-reactive ketones (excluding diaryl/α,β-unsaturated/α-hetero) is 1. The fourth-order valence-corrected chi connectivity index (χ4v) is 5.08. The monoisotopic (exact) mass is 417 g/mol. The number of aromatic nitrogens is 2. The van der Waals surface area contributed by atoms with Crippen LogP contribution in [0.3, 0.4) is 0 Å². The van der Waals surface area contributed by atoms with Crippen LogP contribution in [0, 0.1) is 5.92 Å². The maximum absolute atomic E-state index is 13.1. The number of hydrogen-bond acceptors (Lipinski definition) is 5. The lowest BCUT2D eigenvalue weighted by Crippen LogP contribution is -2.39. The summed E-state index contributed by atoms with van der Waals surface area (Å²) in [5.41, 5.74) is 2.82. The van der Waals surface area contributed by atoms with Gasteiger partial charge in [0.15, 0.2) is 17.3 Å². The number of fused-ring (bicyclic) bond motifs is 2. The van der Waals surface area contributed by atoms with Crippen molar-refractivity contribution in [3.05, 3.63) is 53.9 Å². The number of benzene rings is 2. The van der Waals surface area contributed by atoms with Gasteiger partial charge in [0.2, 0.25) is 0 Å². The van der Waals surface area contributed by atoms with Crippen molar-refractivity contribution in [1.29, 1.82) is 0 Å². The minimum absolute atomic E-state index is 0.185. The topological polar surface area (TPSA) is 67.5 Å². The van der Waals surface area contributed by atoms with Crippen LogP contribution in [0.25, 0.3) is 11.0 Å². The van der Waals surface area contributed by atoms with Gasteiger partial charge in [-0.15, -0.1) is 0 Å². The average molecular weight is 418 g/mol. The Morgan fingerprint density at radius 2 is 1.90 bits per heavy atom. The van der Waals surface area contributed by atoms with Gasteiger partial charge in [-0.25, -0.2) is 4.98 Å². The van der Waals surface area contributed by atoms with Crippen LogP contribution < -0.4 is 9.47 Å². The molecule has 2 aliphatic heterocycles. The summed E-state index contributed by atoms with van der Waals surface area (Å²) in [5.74, 6) is 3.00. The summed E-state index contributed by atoms with van der Waals surface area (Å²) < 4.78 is 11.2. The highest BCUT2D eigenvalue weighted by molar-refractivity contribution is 5.96. The summed E-state index contributed by atoms with van der Waals surface area (Å²) in [6.07, 6.45) is 5.14. The van der Waals surface area contributed by atoms with Crippen LogP contribution in [0.5, 0.6) is 11.5 Å². The van der Waals surface area contributed by atoms with Crippen molar-refractivity contribution in [2.24, 2.45) is 5.92 Å². The molecule has 3 aromatic rings. The highest BCUT2D eigenvalue weighted by Gasteiger charge is 2.40. The quantitative estimate of drug-likeness (QED) is 0.618. The van der Waals surface area contributed by atoms with Crippen molar-refractivity contribution < 1.29 is 14.3 Å². The van der Waals surface area contributed by atoms with Crippen molar-refractivity contribution >= 4 is 16.8 Å². The van der Waals surface area contributed by atoms with E-state index in [-0.39, 0.29) is 11.8 Å². The fraction of sp³-hybridized carbons (Fsp3) is 0.440. The zero-order valence-corrected chi connectivity index (χ0v) is 17.5. The first kappa shape index (κ1) is 18.9. The zero-order valence-electron chi connectivity index (χ0n) is 17.5. The fourth-order valence-electron chi connectivity index (χ4n) is 5.08. The van der Waals surface area contributed by atoms with Crippen molar-refractivity contribution in [2.45, 2.75) is 44.2 Å². The minimum atomic E-state index is 0.185. The Labute approximate surface area is 181 Å². The van der Waals surface area contributed by atoms with E-state index in [9.17, 15) is 4.79 Å². The molecule has 6 heteroatoms. The number of ketones is 1. The van der Waals surface area contributed by atoms with Crippen LogP contribution in [-0.2, 0) is 0 Å². The molecule has 0 amide bonds. The summed E-state index contributed by atoms with van der Waals surface area (Å²) >= 11 is 0. The number of piperidine rings is 1. The van der Waals surface area contributed by atoms with Crippen LogP contribution in [0.1, 0.15) is 54.3 Å². The predicted octanol–water partition coefficient (Wildman–Crippen LogP) is 4.52. The Morgan fingerprint density at radius 3 is 2.74 bits per heavy atom. The Bertz CT molecular complexity index is 1090. The molecule has 3 heterocycles. The van der Waals surface area contributed by atoms with E-state index in [2.05, 4.69) is 22.0 Å². The first-order valence-electron chi connectivity index (χ1n) is 11.4. The number of para-hydroxylation sites is 2. The van der Waals surface area contributed by atoms with Crippen LogP contribution in [0.4, 0.5) is 0 Å². The molecule has 2 fully saturated rings. The summed E-state index contributed by atoms with van der Waals surface area (Å²) in [4.78, 5) is 24.1.